The van der Waals surface area contributed by atoms with E-state index in [9.17, 15) is 9.18 Å². The van der Waals surface area contributed by atoms with E-state index in [1.165, 1.54) is 12.1 Å². The van der Waals surface area contributed by atoms with Crippen LogP contribution in [0, 0.1) is 19.7 Å². The zero-order valence-electron chi connectivity index (χ0n) is 20.9. The lowest BCUT2D eigenvalue weighted by Gasteiger charge is -2.36. The summed E-state index contributed by atoms with van der Waals surface area (Å²) in [6.45, 7) is 6.73. The van der Waals surface area contributed by atoms with Crippen molar-refractivity contribution < 1.29 is 13.9 Å². The molecule has 0 unspecified atom stereocenters. The van der Waals surface area contributed by atoms with Crippen molar-refractivity contribution in [1.29, 1.82) is 0 Å². The van der Waals surface area contributed by atoms with Crippen molar-refractivity contribution in [1.82, 2.24) is 19.8 Å². The molecule has 1 aliphatic rings. The molecule has 0 radical (unpaired) electrons. The summed E-state index contributed by atoms with van der Waals surface area (Å²) in [5.41, 5.74) is 5.02. The van der Waals surface area contributed by atoms with Crippen LogP contribution < -0.4 is 4.74 Å². The first kappa shape index (κ1) is 25.3. The molecule has 0 N–H and O–H groups in total. The van der Waals surface area contributed by atoms with Gasteiger partial charge in [-0.15, -0.1) is 11.3 Å². The van der Waals surface area contributed by atoms with Gasteiger partial charge in [0, 0.05) is 61.8 Å². The SMILES string of the molecule is COc1c(C)cnc(CN2CCC(N(C)C(=O)Cc3csc(Cc4ccc(F)cc4)n3)CC2)c1C. The lowest BCUT2D eigenvalue weighted by molar-refractivity contribution is -0.132. The van der Waals surface area contributed by atoms with Crippen LogP contribution >= 0.6 is 11.3 Å². The lowest BCUT2D eigenvalue weighted by Crippen LogP contribution is -2.45. The van der Waals surface area contributed by atoms with Crippen LogP contribution in [0.25, 0.3) is 0 Å². The number of methoxy groups -OCH3 is 1. The van der Waals surface area contributed by atoms with Crippen LogP contribution in [-0.4, -0.2) is 59.0 Å². The molecule has 35 heavy (non-hydrogen) atoms. The Morgan fingerprint density at radius 1 is 1.23 bits per heavy atom. The highest BCUT2D eigenvalue weighted by Crippen LogP contribution is 2.26. The molecule has 2 aromatic heterocycles. The Morgan fingerprint density at radius 2 is 1.94 bits per heavy atom. The highest BCUT2D eigenvalue weighted by atomic mass is 32.1. The molecular weight excluding hydrogens is 463 g/mol. The standard InChI is InChI=1S/C27H33FN4O2S/c1-18-15-29-24(19(2)27(18)34-4)16-32-11-9-23(10-12-32)31(3)26(33)14-22-17-35-25(30-22)13-20-5-7-21(28)8-6-20/h5-8,15,17,23H,9-14,16H2,1-4H3. The number of ether oxygens (including phenoxy) is 1. The first-order valence-corrected chi connectivity index (χ1v) is 12.9. The minimum absolute atomic E-state index is 0.0999. The van der Waals surface area contributed by atoms with Crippen molar-refractivity contribution in [2.75, 3.05) is 27.2 Å². The number of likely N-dealkylation sites (N-methyl/N-ethyl adjacent to an activating group) is 1. The van der Waals surface area contributed by atoms with E-state index in [1.54, 1.807) is 30.6 Å². The van der Waals surface area contributed by atoms with E-state index >= 15 is 0 Å². The van der Waals surface area contributed by atoms with E-state index in [-0.39, 0.29) is 17.8 Å². The van der Waals surface area contributed by atoms with E-state index in [4.69, 9.17) is 4.74 Å². The Morgan fingerprint density at radius 3 is 2.63 bits per heavy atom. The summed E-state index contributed by atoms with van der Waals surface area (Å²) in [6.07, 6.45) is 4.72. The number of rotatable bonds is 8. The predicted molar refractivity (Wildman–Crippen MR) is 136 cm³/mol. The van der Waals surface area contributed by atoms with E-state index in [0.717, 1.165) is 71.3 Å². The molecule has 0 aliphatic carbocycles. The maximum atomic E-state index is 13.1. The summed E-state index contributed by atoms with van der Waals surface area (Å²) in [7, 11) is 3.61. The molecule has 1 saturated heterocycles. The minimum atomic E-state index is -0.241. The molecule has 1 aromatic carbocycles. The van der Waals surface area contributed by atoms with Crippen LogP contribution in [0.5, 0.6) is 5.75 Å². The van der Waals surface area contributed by atoms with Crippen LogP contribution in [0.1, 0.15) is 45.9 Å². The molecule has 3 aromatic rings. The van der Waals surface area contributed by atoms with Crippen LogP contribution in [0.2, 0.25) is 0 Å². The number of likely N-dealkylation sites (tertiary alicyclic amines) is 1. The second kappa shape index (κ2) is 11.3. The summed E-state index contributed by atoms with van der Waals surface area (Å²) in [6, 6.07) is 6.70. The third kappa shape index (κ3) is 6.24. The highest BCUT2D eigenvalue weighted by Gasteiger charge is 2.26. The van der Waals surface area contributed by atoms with E-state index < -0.39 is 0 Å². The predicted octanol–water partition coefficient (Wildman–Crippen LogP) is 4.56. The first-order valence-electron chi connectivity index (χ1n) is 12.0. The van der Waals surface area contributed by atoms with Gasteiger partial charge in [-0.2, -0.15) is 0 Å². The first-order chi connectivity index (χ1) is 16.8. The Bertz CT molecular complexity index is 1160. The number of nitrogens with zero attached hydrogens (tertiary/aromatic N) is 4. The maximum Gasteiger partial charge on any atom is 0.228 e. The van der Waals surface area contributed by atoms with Crippen LogP contribution in [0.3, 0.4) is 0 Å². The number of hydrogen-bond donors (Lipinski definition) is 0. The lowest BCUT2D eigenvalue weighted by atomic mass is 10.0. The fourth-order valence-corrected chi connectivity index (χ4v) is 5.51. The smallest absolute Gasteiger partial charge is 0.228 e. The molecule has 0 spiro atoms. The number of pyridine rings is 1. The molecule has 1 amide bonds. The topological polar surface area (TPSA) is 58.6 Å². The van der Waals surface area contributed by atoms with Gasteiger partial charge in [-0.25, -0.2) is 9.37 Å². The summed E-state index contributed by atoms with van der Waals surface area (Å²) in [5, 5.41) is 2.89. The number of carbonyl (C=O) groups excluding carboxylic acids is 1. The minimum Gasteiger partial charge on any atom is -0.496 e. The number of carbonyl (C=O) groups is 1. The second-order valence-corrected chi connectivity index (χ2v) is 10.2. The highest BCUT2D eigenvalue weighted by molar-refractivity contribution is 7.09. The molecule has 8 heteroatoms. The number of benzene rings is 1. The Balaban J connectivity index is 1.27. The molecule has 3 heterocycles. The molecule has 6 nitrogen and oxygen atoms in total. The number of hydrogen-bond acceptors (Lipinski definition) is 6. The van der Waals surface area contributed by atoms with Gasteiger partial charge in [0.05, 0.1) is 29.9 Å². The summed E-state index contributed by atoms with van der Waals surface area (Å²) >= 11 is 1.55. The Kier molecular flexibility index (Phi) is 8.13. The fraction of sp³-hybridized carbons (Fsp3) is 0.444. The monoisotopic (exact) mass is 496 g/mol. The number of amides is 1. The van der Waals surface area contributed by atoms with E-state index in [0.29, 0.717) is 12.8 Å². The van der Waals surface area contributed by atoms with Gasteiger partial charge in [-0.3, -0.25) is 14.7 Å². The van der Waals surface area contributed by atoms with Gasteiger partial charge in [0.15, 0.2) is 0 Å². The molecule has 0 bridgehead atoms. The number of thiazole rings is 1. The van der Waals surface area contributed by atoms with Crippen LogP contribution in [0.15, 0.2) is 35.8 Å². The molecular formula is C27H33FN4O2S. The summed E-state index contributed by atoms with van der Waals surface area (Å²) < 4.78 is 18.7. The number of aromatic nitrogens is 2. The number of halogens is 1. The largest absolute Gasteiger partial charge is 0.496 e. The van der Waals surface area contributed by atoms with Gasteiger partial charge >= 0.3 is 0 Å². The van der Waals surface area contributed by atoms with Gasteiger partial charge in [-0.05, 0) is 44.4 Å². The van der Waals surface area contributed by atoms with Crippen molar-refractivity contribution in [2.45, 2.75) is 52.1 Å². The third-order valence-corrected chi connectivity index (χ3v) is 7.72. The Hall–Kier alpha value is -2.84. The average molecular weight is 497 g/mol. The van der Waals surface area contributed by atoms with Crippen molar-refractivity contribution in [3.05, 3.63) is 74.7 Å². The normalized spacial score (nSPS) is 14.8. The van der Waals surface area contributed by atoms with Crippen molar-refractivity contribution in [2.24, 2.45) is 0 Å². The molecule has 4 rings (SSSR count). The zero-order valence-corrected chi connectivity index (χ0v) is 21.7. The zero-order chi connectivity index (χ0) is 24.9. The van der Waals surface area contributed by atoms with Gasteiger partial charge in [-0.1, -0.05) is 12.1 Å². The van der Waals surface area contributed by atoms with Gasteiger partial charge in [0.2, 0.25) is 5.91 Å². The molecule has 1 fully saturated rings. The average Bonchev–Trinajstić information content (AvgIpc) is 3.29. The van der Waals surface area contributed by atoms with E-state index in [2.05, 4.69) is 21.8 Å². The third-order valence-electron chi connectivity index (χ3n) is 6.82. The fourth-order valence-electron chi connectivity index (χ4n) is 4.68. The number of aryl methyl sites for hydroxylation is 1. The van der Waals surface area contributed by atoms with Crippen molar-refractivity contribution in [3.8, 4) is 5.75 Å². The molecule has 1 aliphatic heterocycles. The summed E-state index contributed by atoms with van der Waals surface area (Å²) in [5.74, 6) is 0.774. The number of piperidine rings is 1. The van der Waals surface area contributed by atoms with Crippen molar-refractivity contribution in [3.63, 3.8) is 0 Å². The molecule has 186 valence electrons. The molecule has 0 atom stereocenters. The molecule has 0 saturated carbocycles. The van der Waals surface area contributed by atoms with Gasteiger partial charge in [0.1, 0.15) is 11.6 Å². The quantitative estimate of drug-likeness (QED) is 0.458. The maximum absolute atomic E-state index is 13.1. The van der Waals surface area contributed by atoms with Crippen LogP contribution in [-0.2, 0) is 24.2 Å². The van der Waals surface area contributed by atoms with Crippen molar-refractivity contribution >= 4 is 17.2 Å². The van der Waals surface area contributed by atoms with E-state index in [1.807, 2.05) is 30.4 Å². The summed E-state index contributed by atoms with van der Waals surface area (Å²) in [4.78, 5) is 26.5. The Labute approximate surface area is 210 Å². The van der Waals surface area contributed by atoms with Gasteiger partial charge in [0.25, 0.3) is 0 Å². The van der Waals surface area contributed by atoms with Crippen LogP contribution in [0.4, 0.5) is 4.39 Å². The second-order valence-electron chi connectivity index (χ2n) is 9.27. The van der Waals surface area contributed by atoms with Gasteiger partial charge < -0.3 is 9.64 Å².